The van der Waals surface area contributed by atoms with E-state index >= 15 is 0 Å². The monoisotopic (exact) mass is 296 g/mol. The molecule has 2 rings (SSSR count). The minimum Gasteiger partial charge on any atom is -0.497 e. The molecule has 0 spiro atoms. The smallest absolute Gasteiger partial charge is 0.337 e. The topological polar surface area (TPSA) is 52.6 Å². The fourth-order valence-electron chi connectivity index (χ4n) is 1.89. The number of ketones is 1. The van der Waals surface area contributed by atoms with Crippen LogP contribution in [0.2, 0.25) is 0 Å². The van der Waals surface area contributed by atoms with Crippen LogP contribution in [0.3, 0.4) is 0 Å². The number of carbonyl (C=O) groups is 2. The zero-order chi connectivity index (χ0) is 15.9. The number of allylic oxidation sites excluding steroid dienone is 1. The Morgan fingerprint density at radius 1 is 0.955 bits per heavy atom. The normalized spacial score (nSPS) is 10.5. The molecule has 0 radical (unpaired) electrons. The van der Waals surface area contributed by atoms with Gasteiger partial charge >= 0.3 is 5.97 Å². The van der Waals surface area contributed by atoms with Crippen LogP contribution in [0.1, 0.15) is 26.3 Å². The lowest BCUT2D eigenvalue weighted by molar-refractivity contribution is 0.0600. The van der Waals surface area contributed by atoms with Gasteiger partial charge in [-0.05, 0) is 35.9 Å². The minimum absolute atomic E-state index is 0.115. The summed E-state index contributed by atoms with van der Waals surface area (Å²) in [6, 6.07) is 13.8. The molecular weight excluding hydrogens is 280 g/mol. The second-order valence-electron chi connectivity index (χ2n) is 4.54. The number of methoxy groups -OCH3 is 2. The second-order valence-corrected chi connectivity index (χ2v) is 4.54. The molecule has 0 saturated heterocycles. The SMILES string of the molecule is COC(=O)c1ccc(/C=C/C(=O)c2cccc(OC)c2)cc1. The van der Waals surface area contributed by atoms with Crippen molar-refractivity contribution in [3.05, 3.63) is 71.3 Å². The Morgan fingerprint density at radius 2 is 1.68 bits per heavy atom. The Morgan fingerprint density at radius 3 is 2.32 bits per heavy atom. The third-order valence-corrected chi connectivity index (χ3v) is 3.11. The van der Waals surface area contributed by atoms with E-state index in [1.807, 2.05) is 0 Å². The number of rotatable bonds is 5. The summed E-state index contributed by atoms with van der Waals surface area (Å²) in [6.45, 7) is 0. The van der Waals surface area contributed by atoms with Gasteiger partial charge in [0.25, 0.3) is 0 Å². The van der Waals surface area contributed by atoms with E-state index in [2.05, 4.69) is 4.74 Å². The van der Waals surface area contributed by atoms with E-state index in [4.69, 9.17) is 4.74 Å². The zero-order valence-electron chi connectivity index (χ0n) is 12.4. The van der Waals surface area contributed by atoms with Crippen LogP contribution in [0.15, 0.2) is 54.6 Å². The largest absolute Gasteiger partial charge is 0.497 e. The van der Waals surface area contributed by atoms with Crippen molar-refractivity contribution in [2.24, 2.45) is 0 Å². The molecule has 4 heteroatoms. The van der Waals surface area contributed by atoms with Gasteiger partial charge in [0.1, 0.15) is 5.75 Å². The van der Waals surface area contributed by atoms with E-state index in [9.17, 15) is 9.59 Å². The summed E-state index contributed by atoms with van der Waals surface area (Å²) < 4.78 is 9.72. The number of benzene rings is 2. The molecule has 0 aliphatic heterocycles. The molecular formula is C18H16O4. The van der Waals surface area contributed by atoms with E-state index in [1.165, 1.54) is 13.2 Å². The Bertz CT molecular complexity index is 699. The highest BCUT2D eigenvalue weighted by atomic mass is 16.5. The molecule has 0 bridgehead atoms. The molecule has 2 aromatic rings. The van der Waals surface area contributed by atoms with Gasteiger partial charge in [-0.1, -0.05) is 30.3 Å². The lowest BCUT2D eigenvalue weighted by Gasteiger charge is -2.01. The molecule has 0 aliphatic carbocycles. The van der Waals surface area contributed by atoms with E-state index < -0.39 is 0 Å². The van der Waals surface area contributed by atoms with Crippen LogP contribution in [0, 0.1) is 0 Å². The number of carbonyl (C=O) groups excluding carboxylic acids is 2. The highest BCUT2D eigenvalue weighted by Gasteiger charge is 2.05. The lowest BCUT2D eigenvalue weighted by Crippen LogP contribution is -2.00. The van der Waals surface area contributed by atoms with Gasteiger partial charge in [-0.2, -0.15) is 0 Å². The van der Waals surface area contributed by atoms with Crippen LogP contribution in [0.4, 0.5) is 0 Å². The maximum atomic E-state index is 12.1. The summed E-state index contributed by atoms with van der Waals surface area (Å²) >= 11 is 0. The molecule has 0 fully saturated rings. The molecule has 0 atom stereocenters. The van der Waals surface area contributed by atoms with Crippen molar-refractivity contribution in [3.63, 3.8) is 0 Å². The summed E-state index contributed by atoms with van der Waals surface area (Å²) in [7, 11) is 2.89. The summed E-state index contributed by atoms with van der Waals surface area (Å²) in [5, 5.41) is 0. The Balaban J connectivity index is 2.10. The van der Waals surface area contributed by atoms with Crippen molar-refractivity contribution in [2.75, 3.05) is 14.2 Å². The van der Waals surface area contributed by atoms with Crippen LogP contribution in [0.25, 0.3) is 6.08 Å². The Kier molecular flexibility index (Phi) is 5.09. The van der Waals surface area contributed by atoms with E-state index in [1.54, 1.807) is 61.7 Å². The third kappa shape index (κ3) is 3.82. The van der Waals surface area contributed by atoms with Crippen LogP contribution in [-0.4, -0.2) is 26.0 Å². The van der Waals surface area contributed by atoms with Gasteiger partial charge in [-0.25, -0.2) is 4.79 Å². The van der Waals surface area contributed by atoms with Gasteiger partial charge in [0, 0.05) is 5.56 Å². The summed E-state index contributed by atoms with van der Waals surface area (Å²) in [6.07, 6.45) is 3.19. The highest BCUT2D eigenvalue weighted by Crippen LogP contribution is 2.14. The van der Waals surface area contributed by atoms with Crippen molar-refractivity contribution in [1.82, 2.24) is 0 Å². The first kappa shape index (κ1) is 15.5. The fraction of sp³-hybridized carbons (Fsp3) is 0.111. The average Bonchev–Trinajstić information content (AvgIpc) is 2.59. The number of ether oxygens (including phenoxy) is 2. The minimum atomic E-state index is -0.386. The molecule has 0 aliphatic rings. The summed E-state index contributed by atoms with van der Waals surface area (Å²) in [4.78, 5) is 23.4. The molecule has 0 amide bonds. The number of hydrogen-bond acceptors (Lipinski definition) is 4. The van der Waals surface area contributed by atoms with Gasteiger partial charge in [-0.15, -0.1) is 0 Å². The number of esters is 1. The predicted molar refractivity (Wildman–Crippen MR) is 84.1 cm³/mol. The molecule has 0 heterocycles. The molecule has 0 unspecified atom stereocenters. The van der Waals surface area contributed by atoms with Crippen molar-refractivity contribution >= 4 is 17.8 Å². The van der Waals surface area contributed by atoms with Crippen LogP contribution >= 0.6 is 0 Å². The quantitative estimate of drug-likeness (QED) is 0.482. The van der Waals surface area contributed by atoms with E-state index in [-0.39, 0.29) is 11.8 Å². The molecule has 0 aromatic heterocycles. The first-order valence-corrected chi connectivity index (χ1v) is 6.69. The molecule has 22 heavy (non-hydrogen) atoms. The second kappa shape index (κ2) is 7.22. The predicted octanol–water partition coefficient (Wildman–Crippen LogP) is 3.38. The standard InChI is InChI=1S/C18H16O4/c1-21-16-5-3-4-15(12-16)17(19)11-8-13-6-9-14(10-7-13)18(20)22-2/h3-12H,1-2H3/b11-8+. The van der Waals surface area contributed by atoms with Gasteiger partial charge < -0.3 is 9.47 Å². The van der Waals surface area contributed by atoms with Crippen LogP contribution < -0.4 is 4.74 Å². The molecule has 0 N–H and O–H groups in total. The van der Waals surface area contributed by atoms with Gasteiger partial charge in [0.15, 0.2) is 5.78 Å². The molecule has 4 nitrogen and oxygen atoms in total. The van der Waals surface area contributed by atoms with Crippen molar-refractivity contribution < 1.29 is 19.1 Å². The molecule has 112 valence electrons. The maximum absolute atomic E-state index is 12.1. The molecule has 0 saturated carbocycles. The van der Waals surface area contributed by atoms with Crippen molar-refractivity contribution in [2.45, 2.75) is 0 Å². The van der Waals surface area contributed by atoms with E-state index in [0.29, 0.717) is 16.9 Å². The Labute approximate surface area is 129 Å². The van der Waals surface area contributed by atoms with Crippen molar-refractivity contribution in [1.29, 1.82) is 0 Å². The van der Waals surface area contributed by atoms with Gasteiger partial charge in [0.05, 0.1) is 19.8 Å². The first-order chi connectivity index (χ1) is 10.6. The summed E-state index contributed by atoms with van der Waals surface area (Å²) in [5.41, 5.74) is 1.85. The average molecular weight is 296 g/mol. The highest BCUT2D eigenvalue weighted by molar-refractivity contribution is 6.07. The van der Waals surface area contributed by atoms with Gasteiger partial charge in [0.2, 0.25) is 0 Å². The Hall–Kier alpha value is -2.88. The van der Waals surface area contributed by atoms with Crippen molar-refractivity contribution in [3.8, 4) is 5.75 Å². The third-order valence-electron chi connectivity index (χ3n) is 3.11. The zero-order valence-corrected chi connectivity index (χ0v) is 12.4. The van der Waals surface area contributed by atoms with Crippen LogP contribution in [0.5, 0.6) is 5.75 Å². The van der Waals surface area contributed by atoms with Gasteiger partial charge in [-0.3, -0.25) is 4.79 Å². The molecule has 2 aromatic carbocycles. The first-order valence-electron chi connectivity index (χ1n) is 6.69. The summed E-state index contributed by atoms with van der Waals surface area (Å²) in [5.74, 6) is 0.139. The maximum Gasteiger partial charge on any atom is 0.337 e. The number of hydrogen-bond donors (Lipinski definition) is 0. The lowest BCUT2D eigenvalue weighted by atomic mass is 10.1. The van der Waals surface area contributed by atoms with E-state index in [0.717, 1.165) is 5.56 Å². The van der Waals surface area contributed by atoms with Crippen LogP contribution in [-0.2, 0) is 4.74 Å². The fourth-order valence-corrected chi connectivity index (χ4v) is 1.89.